The van der Waals surface area contributed by atoms with Crippen LogP contribution in [0, 0.1) is 0 Å². The molecule has 29 heavy (non-hydrogen) atoms. The Morgan fingerprint density at radius 2 is 1.79 bits per heavy atom. The predicted octanol–water partition coefficient (Wildman–Crippen LogP) is 3.24. The third-order valence-corrected chi connectivity index (χ3v) is 4.75. The van der Waals surface area contributed by atoms with E-state index in [4.69, 9.17) is 13.9 Å². The molecule has 7 nitrogen and oxygen atoms in total. The Bertz CT molecular complexity index is 789. The first-order chi connectivity index (χ1) is 14.0. The van der Waals surface area contributed by atoms with Gasteiger partial charge in [-0.25, -0.2) is 0 Å². The molecule has 1 heterocycles. The highest BCUT2D eigenvalue weighted by atomic mass is 16.5. The number of hydrogen-bond donors (Lipinski definition) is 0. The van der Waals surface area contributed by atoms with Crippen LogP contribution in [0.15, 0.2) is 41.2 Å². The Morgan fingerprint density at radius 3 is 2.41 bits per heavy atom. The molecule has 0 spiro atoms. The van der Waals surface area contributed by atoms with Gasteiger partial charge in [-0.05, 0) is 36.6 Å². The SMILES string of the molecule is CCCN(CCC(=O)N(C)CCc1ccc(OC)c(OC)c1)C(=O)c1ccoc1. The molecule has 1 aromatic heterocycles. The molecule has 7 heteroatoms. The van der Waals surface area contributed by atoms with E-state index in [1.165, 1.54) is 12.5 Å². The standard InChI is InChI=1S/C22H30N2O5/c1-5-11-24(22(26)18-10-14-29-16-18)13-9-21(25)23(2)12-8-17-6-7-19(27-3)20(15-17)28-4/h6-7,10,14-16H,5,8-9,11-13H2,1-4H3. The van der Waals surface area contributed by atoms with Crippen molar-refractivity contribution in [3.05, 3.63) is 47.9 Å². The van der Waals surface area contributed by atoms with Gasteiger partial charge >= 0.3 is 0 Å². The van der Waals surface area contributed by atoms with Crippen molar-refractivity contribution >= 4 is 11.8 Å². The highest BCUT2D eigenvalue weighted by molar-refractivity contribution is 5.94. The van der Waals surface area contributed by atoms with E-state index in [2.05, 4.69) is 0 Å². The number of hydrogen-bond acceptors (Lipinski definition) is 5. The number of amides is 2. The minimum absolute atomic E-state index is 0.00609. The van der Waals surface area contributed by atoms with Crippen molar-refractivity contribution in [1.29, 1.82) is 0 Å². The highest BCUT2D eigenvalue weighted by Crippen LogP contribution is 2.27. The van der Waals surface area contributed by atoms with Crippen molar-refractivity contribution in [1.82, 2.24) is 9.80 Å². The molecule has 0 atom stereocenters. The minimum Gasteiger partial charge on any atom is -0.493 e. The summed E-state index contributed by atoms with van der Waals surface area (Å²) in [4.78, 5) is 28.4. The summed E-state index contributed by atoms with van der Waals surface area (Å²) in [5, 5.41) is 0. The smallest absolute Gasteiger partial charge is 0.257 e. The van der Waals surface area contributed by atoms with Crippen LogP contribution < -0.4 is 9.47 Å². The maximum atomic E-state index is 12.5. The lowest BCUT2D eigenvalue weighted by Gasteiger charge is -2.23. The van der Waals surface area contributed by atoms with Gasteiger partial charge in [0.25, 0.3) is 5.91 Å². The molecule has 2 rings (SSSR count). The second-order valence-corrected chi connectivity index (χ2v) is 6.81. The third-order valence-electron chi connectivity index (χ3n) is 4.75. The zero-order valence-electron chi connectivity index (χ0n) is 17.6. The lowest BCUT2D eigenvalue weighted by atomic mass is 10.1. The Balaban J connectivity index is 1.87. The second-order valence-electron chi connectivity index (χ2n) is 6.81. The molecule has 2 amide bonds. The van der Waals surface area contributed by atoms with Crippen LogP contribution in [-0.4, -0.2) is 62.5 Å². The van der Waals surface area contributed by atoms with E-state index < -0.39 is 0 Å². The molecule has 158 valence electrons. The summed E-state index contributed by atoms with van der Waals surface area (Å²) in [6.07, 6.45) is 4.72. The lowest BCUT2D eigenvalue weighted by molar-refractivity contribution is -0.130. The largest absolute Gasteiger partial charge is 0.493 e. The molecule has 0 aliphatic rings. The van der Waals surface area contributed by atoms with Crippen LogP contribution in [0.25, 0.3) is 0 Å². The number of benzene rings is 1. The van der Waals surface area contributed by atoms with Gasteiger partial charge in [0.15, 0.2) is 11.5 Å². The molecule has 0 saturated carbocycles. The maximum Gasteiger partial charge on any atom is 0.257 e. The maximum absolute atomic E-state index is 12.5. The molecule has 0 aliphatic heterocycles. The average Bonchev–Trinajstić information content (AvgIpc) is 3.28. The van der Waals surface area contributed by atoms with Gasteiger partial charge < -0.3 is 23.7 Å². The highest BCUT2D eigenvalue weighted by Gasteiger charge is 2.18. The van der Waals surface area contributed by atoms with E-state index >= 15 is 0 Å². The zero-order valence-corrected chi connectivity index (χ0v) is 17.6. The van der Waals surface area contributed by atoms with Crippen LogP contribution >= 0.6 is 0 Å². The van der Waals surface area contributed by atoms with E-state index in [9.17, 15) is 9.59 Å². The molecular formula is C22H30N2O5. The molecule has 0 aliphatic carbocycles. The number of likely N-dealkylation sites (N-methyl/N-ethyl adjacent to an activating group) is 1. The Kier molecular flexibility index (Phi) is 8.58. The molecule has 2 aromatic rings. The van der Waals surface area contributed by atoms with Gasteiger partial charge in [-0.15, -0.1) is 0 Å². The van der Waals surface area contributed by atoms with E-state index in [1.807, 2.05) is 25.1 Å². The molecular weight excluding hydrogens is 372 g/mol. The predicted molar refractivity (Wildman–Crippen MR) is 110 cm³/mol. The van der Waals surface area contributed by atoms with Gasteiger partial charge in [-0.2, -0.15) is 0 Å². The first-order valence-electron chi connectivity index (χ1n) is 9.76. The molecule has 0 saturated heterocycles. The fraction of sp³-hybridized carbons (Fsp3) is 0.455. The number of methoxy groups -OCH3 is 2. The van der Waals surface area contributed by atoms with Gasteiger partial charge in [0.2, 0.25) is 5.91 Å². The van der Waals surface area contributed by atoms with Gasteiger partial charge in [-0.1, -0.05) is 13.0 Å². The Morgan fingerprint density at radius 1 is 1.03 bits per heavy atom. The summed E-state index contributed by atoms with van der Waals surface area (Å²) in [6.45, 7) is 3.58. The summed E-state index contributed by atoms with van der Waals surface area (Å²) in [6, 6.07) is 7.39. The number of rotatable bonds is 11. The third kappa shape index (κ3) is 6.27. The van der Waals surface area contributed by atoms with Gasteiger partial charge in [0.1, 0.15) is 6.26 Å². The van der Waals surface area contributed by atoms with E-state index in [0.29, 0.717) is 43.1 Å². The summed E-state index contributed by atoms with van der Waals surface area (Å²) in [5.41, 5.74) is 1.57. The van der Waals surface area contributed by atoms with E-state index in [-0.39, 0.29) is 18.2 Å². The Hall–Kier alpha value is -2.96. The van der Waals surface area contributed by atoms with Gasteiger partial charge in [-0.3, -0.25) is 9.59 Å². The molecule has 0 radical (unpaired) electrons. The fourth-order valence-electron chi connectivity index (χ4n) is 3.03. The fourth-order valence-corrected chi connectivity index (χ4v) is 3.03. The molecule has 0 fully saturated rings. The number of ether oxygens (including phenoxy) is 2. The molecule has 0 unspecified atom stereocenters. The monoisotopic (exact) mass is 402 g/mol. The topological polar surface area (TPSA) is 72.2 Å². The molecule has 0 bridgehead atoms. The van der Waals surface area contributed by atoms with Crippen LogP contribution in [0.3, 0.4) is 0 Å². The summed E-state index contributed by atoms with van der Waals surface area (Å²) >= 11 is 0. The van der Waals surface area contributed by atoms with E-state index in [0.717, 1.165) is 12.0 Å². The van der Waals surface area contributed by atoms with Crippen molar-refractivity contribution in [2.75, 3.05) is 40.9 Å². The summed E-state index contributed by atoms with van der Waals surface area (Å²) in [7, 11) is 4.98. The Labute approximate surface area is 172 Å². The first kappa shape index (κ1) is 22.3. The van der Waals surface area contributed by atoms with Crippen molar-refractivity contribution in [2.45, 2.75) is 26.2 Å². The van der Waals surface area contributed by atoms with Crippen LogP contribution in [0.2, 0.25) is 0 Å². The van der Waals surface area contributed by atoms with Crippen molar-refractivity contribution in [3.63, 3.8) is 0 Å². The minimum atomic E-state index is -0.110. The zero-order chi connectivity index (χ0) is 21.2. The van der Waals surface area contributed by atoms with Crippen LogP contribution in [0.4, 0.5) is 0 Å². The summed E-state index contributed by atoms with van der Waals surface area (Å²) < 4.78 is 15.6. The van der Waals surface area contributed by atoms with Crippen LogP contribution in [-0.2, 0) is 11.2 Å². The number of carbonyl (C=O) groups excluding carboxylic acids is 2. The van der Waals surface area contributed by atoms with Crippen molar-refractivity contribution < 1.29 is 23.5 Å². The van der Waals surface area contributed by atoms with Gasteiger partial charge in [0, 0.05) is 33.1 Å². The quantitative estimate of drug-likeness (QED) is 0.577. The van der Waals surface area contributed by atoms with E-state index in [1.54, 1.807) is 37.1 Å². The lowest BCUT2D eigenvalue weighted by Crippen LogP contribution is -2.36. The molecule has 1 aromatic carbocycles. The van der Waals surface area contributed by atoms with Crippen LogP contribution in [0.1, 0.15) is 35.7 Å². The number of nitrogens with zero attached hydrogens (tertiary/aromatic N) is 2. The van der Waals surface area contributed by atoms with Crippen LogP contribution in [0.5, 0.6) is 11.5 Å². The van der Waals surface area contributed by atoms with Crippen molar-refractivity contribution in [2.24, 2.45) is 0 Å². The normalized spacial score (nSPS) is 10.5. The number of carbonyl (C=O) groups is 2. The van der Waals surface area contributed by atoms with Gasteiger partial charge in [0.05, 0.1) is 26.0 Å². The average molecular weight is 402 g/mol. The summed E-state index contributed by atoms with van der Waals surface area (Å²) in [5.74, 6) is 1.25. The number of furan rings is 1. The van der Waals surface area contributed by atoms with Crippen molar-refractivity contribution in [3.8, 4) is 11.5 Å². The second kappa shape index (κ2) is 11.1. The first-order valence-corrected chi connectivity index (χ1v) is 9.76. The molecule has 0 N–H and O–H groups in total.